The third-order valence-electron chi connectivity index (χ3n) is 2.92. The van der Waals surface area contributed by atoms with Crippen molar-refractivity contribution in [2.75, 3.05) is 5.43 Å². The Bertz CT molecular complexity index is 503. The van der Waals surface area contributed by atoms with Gasteiger partial charge in [0.2, 0.25) is 0 Å². The van der Waals surface area contributed by atoms with Crippen molar-refractivity contribution in [2.45, 2.75) is 19.4 Å². The van der Waals surface area contributed by atoms with Gasteiger partial charge in [0.1, 0.15) is 0 Å². The molecule has 1 aromatic heterocycles. The normalized spacial score (nSPS) is 12.1. The van der Waals surface area contributed by atoms with Gasteiger partial charge in [0.25, 0.3) is 0 Å². The first kappa shape index (κ1) is 12.2. The van der Waals surface area contributed by atoms with E-state index in [0.29, 0.717) is 6.54 Å². The van der Waals surface area contributed by atoms with E-state index in [2.05, 4.69) is 5.43 Å². The van der Waals surface area contributed by atoms with Crippen molar-refractivity contribution in [3.8, 4) is 0 Å². The largest absolute Gasteiger partial charge is 0.481 e. The van der Waals surface area contributed by atoms with Gasteiger partial charge >= 0.3 is 5.97 Å². The molecule has 1 atom stereocenters. The molecular formula is C14H16N2O2. The minimum atomic E-state index is -0.798. The summed E-state index contributed by atoms with van der Waals surface area (Å²) in [7, 11) is 0. The van der Waals surface area contributed by atoms with E-state index < -0.39 is 11.9 Å². The van der Waals surface area contributed by atoms with Crippen molar-refractivity contribution in [1.82, 2.24) is 4.68 Å². The summed E-state index contributed by atoms with van der Waals surface area (Å²) < 4.78 is 1.88. The van der Waals surface area contributed by atoms with Gasteiger partial charge in [0.15, 0.2) is 0 Å². The molecule has 0 fully saturated rings. The van der Waals surface area contributed by atoms with Gasteiger partial charge in [-0.2, -0.15) is 0 Å². The van der Waals surface area contributed by atoms with Crippen LogP contribution in [0.4, 0.5) is 0 Å². The molecule has 0 spiro atoms. The van der Waals surface area contributed by atoms with E-state index in [1.54, 1.807) is 6.92 Å². The predicted molar refractivity (Wildman–Crippen MR) is 70.0 cm³/mol. The zero-order valence-electron chi connectivity index (χ0n) is 10.2. The fourth-order valence-electron chi connectivity index (χ4n) is 1.69. The number of hydrogen-bond acceptors (Lipinski definition) is 2. The summed E-state index contributed by atoms with van der Waals surface area (Å²) in [4.78, 5) is 10.9. The van der Waals surface area contributed by atoms with Gasteiger partial charge in [-0.25, -0.2) is 0 Å². The molecule has 2 N–H and O–H groups in total. The maximum Gasteiger partial charge on any atom is 0.310 e. The number of aliphatic carboxylic acids is 1. The maximum absolute atomic E-state index is 10.9. The molecule has 0 saturated carbocycles. The predicted octanol–water partition coefficient (Wildman–Crippen LogP) is 2.42. The van der Waals surface area contributed by atoms with Crippen molar-refractivity contribution in [1.29, 1.82) is 0 Å². The Morgan fingerprint density at radius 3 is 2.44 bits per heavy atom. The van der Waals surface area contributed by atoms with Crippen LogP contribution in [0, 0.1) is 0 Å². The zero-order chi connectivity index (χ0) is 13.0. The highest BCUT2D eigenvalue weighted by Crippen LogP contribution is 2.16. The fraction of sp³-hybridized carbons (Fsp3) is 0.214. The van der Waals surface area contributed by atoms with Crippen LogP contribution in [0.1, 0.15) is 24.0 Å². The van der Waals surface area contributed by atoms with Crippen LogP contribution >= 0.6 is 0 Å². The summed E-state index contributed by atoms with van der Waals surface area (Å²) in [6.45, 7) is 2.39. The minimum Gasteiger partial charge on any atom is -0.481 e. The second-order valence-corrected chi connectivity index (χ2v) is 4.23. The topological polar surface area (TPSA) is 54.3 Å². The van der Waals surface area contributed by atoms with Crippen LogP contribution in [-0.2, 0) is 11.3 Å². The van der Waals surface area contributed by atoms with E-state index in [-0.39, 0.29) is 0 Å². The molecule has 0 aliphatic heterocycles. The first-order chi connectivity index (χ1) is 8.66. The Morgan fingerprint density at radius 1 is 1.28 bits per heavy atom. The summed E-state index contributed by atoms with van der Waals surface area (Å²) in [5, 5.41) is 8.92. The van der Waals surface area contributed by atoms with E-state index in [4.69, 9.17) is 5.11 Å². The highest BCUT2D eigenvalue weighted by molar-refractivity contribution is 5.75. The Labute approximate surface area is 106 Å². The van der Waals surface area contributed by atoms with E-state index in [1.165, 1.54) is 0 Å². The molecular weight excluding hydrogens is 228 g/mol. The second-order valence-electron chi connectivity index (χ2n) is 4.23. The van der Waals surface area contributed by atoms with Gasteiger partial charge in [0.05, 0.1) is 12.5 Å². The number of nitrogens with zero attached hydrogens (tertiary/aromatic N) is 1. The number of carboxylic acid groups (broad SMARTS) is 1. The number of benzene rings is 1. The van der Waals surface area contributed by atoms with E-state index in [0.717, 1.165) is 11.1 Å². The lowest BCUT2D eigenvalue weighted by Gasteiger charge is -2.10. The van der Waals surface area contributed by atoms with Gasteiger partial charge in [-0.05, 0) is 30.2 Å². The monoisotopic (exact) mass is 244 g/mol. The Kier molecular flexibility index (Phi) is 3.67. The van der Waals surface area contributed by atoms with Crippen LogP contribution in [0.15, 0.2) is 48.8 Å². The molecule has 1 heterocycles. The van der Waals surface area contributed by atoms with Crippen molar-refractivity contribution < 1.29 is 9.90 Å². The molecule has 0 aliphatic rings. The summed E-state index contributed by atoms with van der Waals surface area (Å²) in [5.41, 5.74) is 5.15. The quantitative estimate of drug-likeness (QED) is 0.849. The lowest BCUT2D eigenvalue weighted by Crippen LogP contribution is -2.12. The molecule has 94 valence electrons. The molecule has 4 nitrogen and oxygen atoms in total. The standard InChI is InChI=1S/C14H16N2O2/c1-11(14(17)18)13-6-4-12(5-7-13)10-15-16-8-2-3-9-16/h2-9,11,15H,10H2,1H3,(H,17,18). The first-order valence-electron chi connectivity index (χ1n) is 5.85. The Morgan fingerprint density at radius 2 is 1.89 bits per heavy atom. The zero-order valence-corrected chi connectivity index (χ0v) is 10.2. The number of hydrogen-bond donors (Lipinski definition) is 2. The second kappa shape index (κ2) is 5.40. The number of carboxylic acids is 1. The van der Waals surface area contributed by atoms with E-state index in [9.17, 15) is 4.79 Å². The number of carbonyl (C=O) groups is 1. The van der Waals surface area contributed by atoms with Gasteiger partial charge in [-0.3, -0.25) is 9.47 Å². The van der Waals surface area contributed by atoms with Crippen molar-refractivity contribution >= 4 is 5.97 Å². The summed E-state index contributed by atoms with van der Waals surface area (Å²) in [6.07, 6.45) is 3.86. The molecule has 2 rings (SSSR count). The highest BCUT2D eigenvalue weighted by atomic mass is 16.4. The average molecular weight is 244 g/mol. The summed E-state index contributed by atoms with van der Waals surface area (Å²) >= 11 is 0. The molecule has 2 aromatic rings. The molecule has 1 aromatic carbocycles. The van der Waals surface area contributed by atoms with Crippen LogP contribution in [0.2, 0.25) is 0 Å². The maximum atomic E-state index is 10.9. The molecule has 0 bridgehead atoms. The molecule has 0 aliphatic carbocycles. The van der Waals surface area contributed by atoms with Gasteiger partial charge < -0.3 is 10.5 Å². The van der Waals surface area contributed by atoms with Crippen molar-refractivity contribution in [3.63, 3.8) is 0 Å². The van der Waals surface area contributed by atoms with Crippen molar-refractivity contribution in [3.05, 3.63) is 59.9 Å². The summed E-state index contributed by atoms with van der Waals surface area (Å²) in [5.74, 6) is -1.26. The molecule has 0 saturated heterocycles. The number of aromatic nitrogens is 1. The lowest BCUT2D eigenvalue weighted by atomic mass is 10.0. The van der Waals surface area contributed by atoms with Crippen LogP contribution < -0.4 is 5.43 Å². The minimum absolute atomic E-state index is 0.462. The SMILES string of the molecule is CC(C(=O)O)c1ccc(CNn2cccc2)cc1. The first-order valence-corrected chi connectivity index (χ1v) is 5.85. The van der Waals surface area contributed by atoms with Crippen LogP contribution in [0.5, 0.6) is 0 Å². The van der Waals surface area contributed by atoms with Gasteiger partial charge in [0, 0.05) is 12.4 Å². The fourth-order valence-corrected chi connectivity index (χ4v) is 1.69. The van der Waals surface area contributed by atoms with Gasteiger partial charge in [-0.1, -0.05) is 24.3 Å². The number of rotatable bonds is 5. The van der Waals surface area contributed by atoms with Crippen molar-refractivity contribution in [2.24, 2.45) is 0 Å². The van der Waals surface area contributed by atoms with E-state index >= 15 is 0 Å². The Balaban J connectivity index is 1.97. The third kappa shape index (κ3) is 2.91. The van der Waals surface area contributed by atoms with Crippen LogP contribution in [0.25, 0.3) is 0 Å². The third-order valence-corrected chi connectivity index (χ3v) is 2.92. The van der Waals surface area contributed by atoms with E-state index in [1.807, 2.05) is 53.5 Å². The molecule has 18 heavy (non-hydrogen) atoms. The van der Waals surface area contributed by atoms with Crippen LogP contribution in [-0.4, -0.2) is 15.8 Å². The Hall–Kier alpha value is -2.23. The highest BCUT2D eigenvalue weighted by Gasteiger charge is 2.12. The molecule has 1 unspecified atom stereocenters. The molecule has 0 amide bonds. The van der Waals surface area contributed by atoms with Crippen LogP contribution in [0.3, 0.4) is 0 Å². The van der Waals surface area contributed by atoms with Gasteiger partial charge in [-0.15, -0.1) is 0 Å². The molecule has 0 radical (unpaired) electrons. The summed E-state index contributed by atoms with van der Waals surface area (Å²) in [6, 6.07) is 11.5. The smallest absolute Gasteiger partial charge is 0.310 e. The lowest BCUT2D eigenvalue weighted by molar-refractivity contribution is -0.138. The molecule has 4 heteroatoms. The number of nitrogens with one attached hydrogen (secondary N) is 1. The average Bonchev–Trinajstić information content (AvgIpc) is 2.89.